The minimum atomic E-state index is -0.765. The van der Waals surface area contributed by atoms with Crippen molar-refractivity contribution >= 4 is 5.91 Å². The van der Waals surface area contributed by atoms with Gasteiger partial charge in [-0.1, -0.05) is 24.3 Å². The fraction of sp³-hybridized carbons (Fsp3) is 0.316. The molecule has 0 fully saturated rings. The number of hydrogen-bond donors (Lipinski definition) is 2. The maximum atomic E-state index is 12.9. The molecule has 2 rings (SSSR count). The monoisotopic (exact) mass is 331 g/mol. The van der Waals surface area contributed by atoms with Crippen LogP contribution in [0, 0.1) is 12.7 Å². The first-order valence-electron chi connectivity index (χ1n) is 7.86. The lowest BCUT2D eigenvalue weighted by Crippen LogP contribution is -2.37. The number of benzene rings is 2. The van der Waals surface area contributed by atoms with E-state index < -0.39 is 6.10 Å². The van der Waals surface area contributed by atoms with E-state index in [9.17, 15) is 14.3 Å². The Morgan fingerprint density at radius 1 is 1.25 bits per heavy atom. The summed E-state index contributed by atoms with van der Waals surface area (Å²) >= 11 is 0. The number of halogens is 1. The van der Waals surface area contributed by atoms with Crippen LogP contribution in [0.1, 0.15) is 30.6 Å². The number of hydrogen-bond acceptors (Lipinski definition) is 3. The summed E-state index contributed by atoms with van der Waals surface area (Å²) in [5, 5.41) is 12.9. The first kappa shape index (κ1) is 17.9. The van der Waals surface area contributed by atoms with Crippen molar-refractivity contribution in [3.63, 3.8) is 0 Å². The molecule has 2 aromatic rings. The van der Waals surface area contributed by atoms with E-state index in [0.29, 0.717) is 17.7 Å². The van der Waals surface area contributed by atoms with Gasteiger partial charge in [0, 0.05) is 6.04 Å². The predicted molar refractivity (Wildman–Crippen MR) is 90.3 cm³/mol. The van der Waals surface area contributed by atoms with Gasteiger partial charge in [-0.15, -0.1) is 0 Å². The molecule has 1 amide bonds. The van der Waals surface area contributed by atoms with E-state index in [-0.39, 0.29) is 24.4 Å². The summed E-state index contributed by atoms with van der Waals surface area (Å²) in [6.45, 7) is 3.67. The zero-order valence-electron chi connectivity index (χ0n) is 13.8. The van der Waals surface area contributed by atoms with Gasteiger partial charge in [-0.25, -0.2) is 4.39 Å². The predicted octanol–water partition coefficient (Wildman–Crippen LogP) is 3.14. The average Bonchev–Trinajstić information content (AvgIpc) is 2.53. The summed E-state index contributed by atoms with van der Waals surface area (Å²) in [7, 11) is 0. The normalized spacial score (nSPS) is 13.2. The van der Waals surface area contributed by atoms with Gasteiger partial charge in [-0.2, -0.15) is 0 Å². The average molecular weight is 331 g/mol. The Labute approximate surface area is 141 Å². The molecule has 0 radical (unpaired) electrons. The number of aliphatic hydroxyl groups is 1. The van der Waals surface area contributed by atoms with Crippen molar-refractivity contribution in [1.82, 2.24) is 5.32 Å². The molecule has 0 saturated heterocycles. The van der Waals surface area contributed by atoms with Gasteiger partial charge >= 0.3 is 0 Å². The molecule has 0 bridgehead atoms. The first-order valence-corrected chi connectivity index (χ1v) is 7.86. The maximum absolute atomic E-state index is 12.9. The van der Waals surface area contributed by atoms with Gasteiger partial charge in [-0.3, -0.25) is 4.79 Å². The largest absolute Gasteiger partial charge is 0.484 e. The standard InChI is InChI=1S/C19H22FNO3/c1-13-4-3-5-17(10-13)24-12-19(23)21-14(2)11-18(22)15-6-8-16(20)9-7-15/h3-10,14,18,22H,11-12H2,1-2H3,(H,21,23). The molecule has 0 aromatic heterocycles. The zero-order chi connectivity index (χ0) is 17.5. The minimum Gasteiger partial charge on any atom is -0.484 e. The molecule has 2 unspecified atom stereocenters. The van der Waals surface area contributed by atoms with Gasteiger partial charge in [0.05, 0.1) is 6.10 Å². The number of carbonyl (C=O) groups is 1. The topological polar surface area (TPSA) is 58.6 Å². The Balaban J connectivity index is 1.77. The fourth-order valence-electron chi connectivity index (χ4n) is 2.39. The molecule has 128 valence electrons. The highest BCUT2D eigenvalue weighted by Gasteiger charge is 2.15. The van der Waals surface area contributed by atoms with Gasteiger partial charge in [0.15, 0.2) is 6.61 Å². The summed E-state index contributed by atoms with van der Waals surface area (Å²) in [6.07, 6.45) is -0.430. The summed E-state index contributed by atoms with van der Waals surface area (Å²) in [5.41, 5.74) is 1.68. The lowest BCUT2D eigenvalue weighted by Gasteiger charge is -2.18. The molecule has 0 spiro atoms. The second kappa shape index (κ2) is 8.45. The number of carbonyl (C=O) groups excluding carboxylic acids is 1. The van der Waals surface area contributed by atoms with Crippen molar-refractivity contribution in [3.05, 3.63) is 65.5 Å². The molecule has 2 atom stereocenters. The molecule has 5 heteroatoms. The van der Waals surface area contributed by atoms with Crippen LogP contribution in [-0.4, -0.2) is 23.7 Å². The smallest absolute Gasteiger partial charge is 0.258 e. The third-order valence-corrected chi connectivity index (χ3v) is 3.60. The van der Waals surface area contributed by atoms with E-state index in [1.165, 1.54) is 24.3 Å². The molecule has 0 aliphatic heterocycles. The number of aliphatic hydroxyl groups excluding tert-OH is 1. The minimum absolute atomic E-state index is 0.0829. The third kappa shape index (κ3) is 5.66. The summed E-state index contributed by atoms with van der Waals surface area (Å²) < 4.78 is 18.3. The summed E-state index contributed by atoms with van der Waals surface area (Å²) in [5.74, 6) is 0.0417. The molecule has 2 aromatic carbocycles. The lowest BCUT2D eigenvalue weighted by atomic mass is 10.0. The number of rotatable bonds is 7. The van der Waals surface area contributed by atoms with Crippen molar-refractivity contribution in [2.45, 2.75) is 32.4 Å². The van der Waals surface area contributed by atoms with Crippen LogP contribution >= 0.6 is 0 Å². The van der Waals surface area contributed by atoms with Crippen LogP contribution in [-0.2, 0) is 4.79 Å². The first-order chi connectivity index (χ1) is 11.4. The van der Waals surface area contributed by atoms with Crippen LogP contribution in [0.15, 0.2) is 48.5 Å². The maximum Gasteiger partial charge on any atom is 0.258 e. The van der Waals surface area contributed by atoms with E-state index in [4.69, 9.17) is 4.74 Å². The van der Waals surface area contributed by atoms with Crippen LogP contribution in [0.2, 0.25) is 0 Å². The molecule has 0 aliphatic carbocycles. The second-order valence-corrected chi connectivity index (χ2v) is 5.88. The Hall–Kier alpha value is -2.40. The molecule has 0 saturated carbocycles. The fourth-order valence-corrected chi connectivity index (χ4v) is 2.39. The molecular weight excluding hydrogens is 309 g/mol. The van der Waals surface area contributed by atoms with E-state index >= 15 is 0 Å². The number of nitrogens with one attached hydrogen (secondary N) is 1. The van der Waals surface area contributed by atoms with Gasteiger partial charge in [0.2, 0.25) is 0 Å². The van der Waals surface area contributed by atoms with Gasteiger partial charge in [0.1, 0.15) is 11.6 Å². The van der Waals surface area contributed by atoms with E-state index in [1.54, 1.807) is 13.0 Å². The molecule has 24 heavy (non-hydrogen) atoms. The highest BCUT2D eigenvalue weighted by molar-refractivity contribution is 5.77. The van der Waals surface area contributed by atoms with Gasteiger partial charge in [0.25, 0.3) is 5.91 Å². The number of amides is 1. The summed E-state index contributed by atoms with van der Waals surface area (Å²) in [4.78, 5) is 11.9. The Bertz CT molecular complexity index is 673. The van der Waals surface area contributed by atoms with Crippen LogP contribution in [0.5, 0.6) is 5.75 Å². The highest BCUT2D eigenvalue weighted by atomic mass is 19.1. The Kier molecular flexibility index (Phi) is 6.32. The van der Waals surface area contributed by atoms with Crippen molar-refractivity contribution in [2.75, 3.05) is 6.61 Å². The Morgan fingerprint density at radius 3 is 2.62 bits per heavy atom. The van der Waals surface area contributed by atoms with E-state index in [2.05, 4.69) is 5.32 Å². The van der Waals surface area contributed by atoms with Crippen molar-refractivity contribution in [1.29, 1.82) is 0 Å². The van der Waals surface area contributed by atoms with Crippen LogP contribution in [0.3, 0.4) is 0 Å². The SMILES string of the molecule is Cc1cccc(OCC(=O)NC(C)CC(O)c2ccc(F)cc2)c1. The van der Waals surface area contributed by atoms with Crippen LogP contribution in [0.25, 0.3) is 0 Å². The van der Waals surface area contributed by atoms with E-state index in [0.717, 1.165) is 5.56 Å². The van der Waals surface area contributed by atoms with E-state index in [1.807, 2.05) is 25.1 Å². The van der Waals surface area contributed by atoms with Crippen molar-refractivity contribution in [3.8, 4) is 5.75 Å². The van der Waals surface area contributed by atoms with Crippen LogP contribution in [0.4, 0.5) is 4.39 Å². The number of ether oxygens (including phenoxy) is 1. The van der Waals surface area contributed by atoms with Crippen LogP contribution < -0.4 is 10.1 Å². The molecule has 2 N–H and O–H groups in total. The highest BCUT2D eigenvalue weighted by Crippen LogP contribution is 2.18. The molecular formula is C19H22FNO3. The van der Waals surface area contributed by atoms with Crippen molar-refractivity contribution < 1.29 is 19.0 Å². The van der Waals surface area contributed by atoms with Gasteiger partial charge in [-0.05, 0) is 55.7 Å². The summed E-state index contributed by atoms with van der Waals surface area (Å²) in [6, 6.07) is 12.9. The van der Waals surface area contributed by atoms with Crippen molar-refractivity contribution in [2.24, 2.45) is 0 Å². The Morgan fingerprint density at radius 2 is 1.96 bits per heavy atom. The molecule has 0 heterocycles. The second-order valence-electron chi connectivity index (χ2n) is 5.88. The third-order valence-electron chi connectivity index (χ3n) is 3.60. The zero-order valence-corrected chi connectivity index (χ0v) is 13.8. The quantitative estimate of drug-likeness (QED) is 0.819. The molecule has 4 nitrogen and oxygen atoms in total. The number of aryl methyl sites for hydroxylation is 1. The lowest BCUT2D eigenvalue weighted by molar-refractivity contribution is -0.123. The molecule has 0 aliphatic rings. The van der Waals surface area contributed by atoms with Gasteiger partial charge < -0.3 is 15.2 Å².